The molecule has 3 fully saturated rings. The van der Waals surface area contributed by atoms with E-state index >= 15 is 0 Å². The molecule has 13 N–H and O–H groups in total. The molecule has 14 nitrogen and oxygen atoms in total. The van der Waals surface area contributed by atoms with E-state index in [2.05, 4.69) is 5.32 Å². The maximum absolute atomic E-state index is 11.0. The van der Waals surface area contributed by atoms with Crippen molar-refractivity contribution in [2.24, 2.45) is 17.2 Å². The number of ether oxygens (including phenoxy) is 4. The first-order valence-electron chi connectivity index (χ1n) is 11.1. The Labute approximate surface area is 191 Å². The van der Waals surface area contributed by atoms with E-state index in [-0.39, 0.29) is 13.0 Å². The van der Waals surface area contributed by atoms with Crippen molar-refractivity contribution >= 4 is 0 Å². The maximum atomic E-state index is 11.0. The van der Waals surface area contributed by atoms with Crippen LogP contribution in [0.4, 0.5) is 0 Å². The van der Waals surface area contributed by atoms with Crippen LogP contribution in [-0.2, 0) is 18.9 Å². The van der Waals surface area contributed by atoms with Gasteiger partial charge in [-0.25, -0.2) is 0 Å². The molecule has 2 heterocycles. The first-order valence-corrected chi connectivity index (χ1v) is 11.1. The molecule has 2 aliphatic heterocycles. The number of aliphatic hydroxyl groups excluding tert-OH is 6. The topological polar surface area (TPSA) is 248 Å². The van der Waals surface area contributed by atoms with Gasteiger partial charge < -0.3 is 72.1 Å². The fourth-order valence-electron chi connectivity index (χ4n) is 4.66. The van der Waals surface area contributed by atoms with Crippen LogP contribution in [0.25, 0.3) is 0 Å². The van der Waals surface area contributed by atoms with E-state index in [1.54, 1.807) is 7.05 Å². The van der Waals surface area contributed by atoms with Gasteiger partial charge >= 0.3 is 0 Å². The third-order valence-electron chi connectivity index (χ3n) is 6.63. The highest BCUT2D eigenvalue weighted by Gasteiger charge is 2.51. The minimum Gasteiger partial charge on any atom is -0.391 e. The number of hydrogen-bond acceptors (Lipinski definition) is 14. The van der Waals surface area contributed by atoms with Crippen LogP contribution in [0, 0.1) is 0 Å². The Bertz CT molecular complexity index is 635. The van der Waals surface area contributed by atoms with E-state index in [4.69, 9.17) is 36.1 Å². The summed E-state index contributed by atoms with van der Waals surface area (Å²) < 4.78 is 22.6. The van der Waals surface area contributed by atoms with Crippen LogP contribution in [0.2, 0.25) is 0 Å². The molecular weight excluding hydrogens is 444 g/mol. The van der Waals surface area contributed by atoms with E-state index in [1.165, 1.54) is 6.92 Å². The summed E-state index contributed by atoms with van der Waals surface area (Å²) >= 11 is 0. The van der Waals surface area contributed by atoms with E-state index < -0.39 is 91.7 Å². The largest absolute Gasteiger partial charge is 0.391 e. The molecule has 0 amide bonds. The van der Waals surface area contributed by atoms with Gasteiger partial charge in [-0.15, -0.1) is 0 Å². The van der Waals surface area contributed by atoms with E-state index in [9.17, 15) is 30.6 Å². The second-order valence-electron chi connectivity index (χ2n) is 9.10. The van der Waals surface area contributed by atoms with Gasteiger partial charge in [-0.2, -0.15) is 0 Å². The molecule has 1 aliphatic carbocycles. The molecule has 1 saturated carbocycles. The number of hydrogen-bond donors (Lipinski definition) is 10. The Morgan fingerprint density at radius 2 is 1.45 bits per heavy atom. The molecule has 0 aromatic heterocycles. The third kappa shape index (κ3) is 5.49. The molecular formula is C19H38N4O10. The molecule has 0 aromatic carbocycles. The highest BCUT2D eigenvalue weighted by atomic mass is 16.7. The van der Waals surface area contributed by atoms with Gasteiger partial charge in [-0.1, -0.05) is 0 Å². The second kappa shape index (κ2) is 11.0. The molecule has 3 aliphatic rings. The summed E-state index contributed by atoms with van der Waals surface area (Å²) in [4.78, 5) is 0. The summed E-state index contributed by atoms with van der Waals surface area (Å²) in [6.07, 6.45) is -13.3. The SMILES string of the molecule is CN[C@@H]1[C@@H](O)[C@@H](O[C@@H]2[C@@H](O)[C@H](O[C@H]3O[C@H]([C@H](C)O)[C@@H](O)[C@H](O)[C@H]3N)[C@@H](N)C[C@H]2N)OC[C@@H]1O. The van der Waals surface area contributed by atoms with E-state index in [1.807, 2.05) is 0 Å². The average Bonchev–Trinajstić information content (AvgIpc) is 2.75. The highest BCUT2D eigenvalue weighted by molar-refractivity contribution is 5.01. The van der Waals surface area contributed by atoms with Gasteiger partial charge in [0.05, 0.1) is 30.9 Å². The molecule has 2 saturated heterocycles. The molecule has 0 aromatic rings. The predicted octanol–water partition coefficient (Wildman–Crippen LogP) is -6.00. The van der Waals surface area contributed by atoms with Gasteiger partial charge in [0.15, 0.2) is 12.6 Å². The lowest BCUT2D eigenvalue weighted by Gasteiger charge is -2.48. The van der Waals surface area contributed by atoms with Crippen LogP contribution < -0.4 is 22.5 Å². The first kappa shape index (κ1) is 27.0. The van der Waals surface area contributed by atoms with Crippen molar-refractivity contribution in [1.82, 2.24) is 5.32 Å². The summed E-state index contributed by atoms with van der Waals surface area (Å²) in [7, 11) is 1.57. The van der Waals surface area contributed by atoms with Gasteiger partial charge in [0.25, 0.3) is 0 Å². The standard InChI is InChI=1S/C19H38N4O10/c1-5(24)15-13(28)11(26)9(22)18(31-15)32-16-6(20)3-7(21)17(14(16)29)33-19-12(27)10(23-2)8(25)4-30-19/h5-19,23-29H,3-4,20-22H2,1-2H3/t5-,6-,7+,8-,9+,10-,11+,12+,13-,14-,15+,16+,17-,18+,19+/m0/s1. The third-order valence-corrected chi connectivity index (χ3v) is 6.63. The normalized spacial score (nSPS) is 52.5. The van der Waals surface area contributed by atoms with Crippen LogP contribution in [0.1, 0.15) is 13.3 Å². The van der Waals surface area contributed by atoms with Gasteiger partial charge in [0, 0.05) is 12.1 Å². The van der Waals surface area contributed by atoms with Gasteiger partial charge in [0.1, 0.15) is 42.7 Å². The Kier molecular flexibility index (Phi) is 9.02. The Hall–Kier alpha value is -0.560. The average molecular weight is 483 g/mol. The summed E-state index contributed by atoms with van der Waals surface area (Å²) in [6.45, 7) is 1.28. The Balaban J connectivity index is 1.71. The minimum absolute atomic E-state index is 0.101. The minimum atomic E-state index is -1.45. The molecule has 14 heteroatoms. The van der Waals surface area contributed by atoms with Crippen molar-refractivity contribution in [1.29, 1.82) is 0 Å². The Morgan fingerprint density at radius 1 is 0.879 bits per heavy atom. The number of rotatable bonds is 6. The lowest BCUT2D eigenvalue weighted by molar-refractivity contribution is -0.315. The fraction of sp³-hybridized carbons (Fsp3) is 1.00. The van der Waals surface area contributed by atoms with Crippen LogP contribution in [-0.4, -0.2) is 136 Å². The van der Waals surface area contributed by atoms with Crippen molar-refractivity contribution in [2.45, 2.75) is 105 Å². The lowest BCUT2D eigenvalue weighted by Crippen LogP contribution is -2.69. The zero-order valence-corrected chi connectivity index (χ0v) is 18.6. The summed E-state index contributed by atoms with van der Waals surface area (Å²) in [6, 6.07) is -3.40. The van der Waals surface area contributed by atoms with Gasteiger partial charge in [-0.05, 0) is 20.4 Å². The monoisotopic (exact) mass is 482 g/mol. The van der Waals surface area contributed by atoms with Crippen LogP contribution >= 0.6 is 0 Å². The molecule has 0 radical (unpaired) electrons. The van der Waals surface area contributed by atoms with E-state index in [0.29, 0.717) is 0 Å². The number of likely N-dealkylation sites (N-methyl/N-ethyl adjacent to an activating group) is 1. The van der Waals surface area contributed by atoms with Crippen LogP contribution in [0.3, 0.4) is 0 Å². The Morgan fingerprint density at radius 3 is 2.00 bits per heavy atom. The quantitative estimate of drug-likeness (QED) is 0.169. The summed E-state index contributed by atoms with van der Waals surface area (Å²) in [5, 5.41) is 64.5. The molecule has 3 rings (SSSR count). The van der Waals surface area contributed by atoms with E-state index in [0.717, 1.165) is 0 Å². The lowest BCUT2D eigenvalue weighted by atomic mass is 9.84. The summed E-state index contributed by atoms with van der Waals surface area (Å²) in [5.41, 5.74) is 18.3. The van der Waals surface area contributed by atoms with Crippen molar-refractivity contribution in [3.63, 3.8) is 0 Å². The smallest absolute Gasteiger partial charge is 0.185 e. The fourth-order valence-corrected chi connectivity index (χ4v) is 4.66. The van der Waals surface area contributed by atoms with Crippen molar-refractivity contribution < 1.29 is 49.6 Å². The van der Waals surface area contributed by atoms with Crippen LogP contribution in [0.5, 0.6) is 0 Å². The van der Waals surface area contributed by atoms with Crippen molar-refractivity contribution in [3.05, 3.63) is 0 Å². The highest BCUT2D eigenvalue weighted by Crippen LogP contribution is 2.30. The van der Waals surface area contributed by atoms with Gasteiger partial charge in [0.2, 0.25) is 0 Å². The van der Waals surface area contributed by atoms with Crippen molar-refractivity contribution in [3.8, 4) is 0 Å². The maximum Gasteiger partial charge on any atom is 0.185 e. The molecule has 0 unspecified atom stereocenters. The first-order chi connectivity index (χ1) is 15.5. The zero-order chi connectivity index (χ0) is 24.6. The number of nitrogens with two attached hydrogens (primary N) is 3. The van der Waals surface area contributed by atoms with Crippen LogP contribution in [0.15, 0.2) is 0 Å². The second-order valence-corrected chi connectivity index (χ2v) is 9.10. The number of nitrogens with one attached hydrogen (secondary N) is 1. The van der Waals surface area contributed by atoms with Crippen molar-refractivity contribution in [2.75, 3.05) is 13.7 Å². The zero-order valence-electron chi connectivity index (χ0n) is 18.6. The molecule has 33 heavy (non-hydrogen) atoms. The predicted molar refractivity (Wildman–Crippen MR) is 111 cm³/mol. The summed E-state index contributed by atoms with van der Waals surface area (Å²) in [5.74, 6) is 0. The molecule has 15 atom stereocenters. The molecule has 0 bridgehead atoms. The van der Waals surface area contributed by atoms with Gasteiger partial charge in [-0.3, -0.25) is 0 Å². The molecule has 194 valence electrons. The number of aliphatic hydroxyl groups is 6. The molecule has 0 spiro atoms.